The smallest absolute Gasteiger partial charge is 0.231 e. The van der Waals surface area contributed by atoms with Gasteiger partial charge in [0.05, 0.1) is 0 Å². The predicted molar refractivity (Wildman–Crippen MR) is 145 cm³/mol. The molecule has 32 heavy (non-hydrogen) atoms. The lowest BCUT2D eigenvalue weighted by molar-refractivity contribution is 0.771. The van der Waals surface area contributed by atoms with E-state index in [0.29, 0.717) is 47.2 Å². The summed E-state index contributed by atoms with van der Waals surface area (Å²) in [5.74, 6) is 2.18. The molecular formula is C18H34N10S4. The van der Waals surface area contributed by atoms with E-state index >= 15 is 0 Å². The average Bonchev–Trinajstić information content (AvgIpc) is 2.80. The van der Waals surface area contributed by atoms with Crippen LogP contribution in [0.2, 0.25) is 0 Å². The molecule has 0 spiro atoms. The molecule has 2 aromatic rings. The van der Waals surface area contributed by atoms with Gasteiger partial charge >= 0.3 is 0 Å². The van der Waals surface area contributed by atoms with Crippen LogP contribution in [-0.2, 0) is 0 Å². The first-order valence-corrected chi connectivity index (χ1v) is 15.9. The van der Waals surface area contributed by atoms with Gasteiger partial charge in [-0.2, -0.15) is 29.9 Å². The molecule has 10 nitrogen and oxygen atoms in total. The van der Waals surface area contributed by atoms with Crippen molar-refractivity contribution in [2.45, 2.75) is 51.9 Å². The Balaban J connectivity index is 2.71. The van der Waals surface area contributed by atoms with Crippen LogP contribution in [0.15, 0.2) is 10.3 Å². The first-order valence-electron chi connectivity index (χ1n) is 10.8. The van der Waals surface area contributed by atoms with Crippen molar-refractivity contribution in [2.24, 2.45) is 0 Å². The molecule has 0 unspecified atom stereocenters. The maximum Gasteiger partial charge on any atom is 0.231 e. The largest absolute Gasteiger partial charge is 0.354 e. The Hall–Kier alpha value is -1.38. The molecule has 2 heterocycles. The number of hydrogen-bond acceptors (Lipinski definition) is 13. The van der Waals surface area contributed by atoms with Crippen LogP contribution in [-0.4, -0.2) is 69.2 Å². The van der Waals surface area contributed by atoms with Gasteiger partial charge in [0.2, 0.25) is 34.1 Å². The molecule has 14 heteroatoms. The normalized spacial score (nSPS) is 11.9. The second kappa shape index (κ2) is 12.8. The van der Waals surface area contributed by atoms with E-state index in [1.807, 2.05) is 13.8 Å². The highest BCUT2D eigenvalue weighted by Crippen LogP contribution is 2.74. The first kappa shape index (κ1) is 26.9. The summed E-state index contributed by atoms with van der Waals surface area (Å²) in [7, 11) is -0.996. The third kappa shape index (κ3) is 6.14. The van der Waals surface area contributed by atoms with E-state index in [1.54, 1.807) is 0 Å². The standard InChI is InChI=1S/C18H34N10S4/c1-7-19-13-21-15(27(9-3)10-4)25-17(23-13)32(30,31-29)18-24-14(20-8-2)22-16(26-18)28(11-5)12-6/h29-30H,7-12H2,1-6H3,(H,19,21,23,25)(H,20,22,24,26). The zero-order chi connectivity index (χ0) is 23.7. The summed E-state index contributed by atoms with van der Waals surface area (Å²) < 4.78 is 0. The molecule has 0 aliphatic carbocycles. The third-order valence-electron chi connectivity index (χ3n) is 4.57. The molecule has 0 bridgehead atoms. The molecule has 2 rings (SSSR count). The number of anilines is 4. The van der Waals surface area contributed by atoms with E-state index in [4.69, 9.17) is 21.6 Å². The minimum atomic E-state index is -2.24. The van der Waals surface area contributed by atoms with Gasteiger partial charge in [0.1, 0.15) is 0 Å². The Morgan fingerprint density at radius 2 is 1.06 bits per heavy atom. The number of hydrogen-bond donors (Lipinski definition) is 4. The van der Waals surface area contributed by atoms with E-state index < -0.39 is 8.09 Å². The molecule has 0 atom stereocenters. The Morgan fingerprint density at radius 1 is 0.688 bits per heavy atom. The summed E-state index contributed by atoms with van der Waals surface area (Å²) in [6.07, 6.45) is 0. The van der Waals surface area contributed by atoms with Crippen LogP contribution < -0.4 is 20.4 Å². The Morgan fingerprint density at radius 3 is 1.34 bits per heavy atom. The van der Waals surface area contributed by atoms with Crippen molar-refractivity contribution < 1.29 is 0 Å². The molecule has 0 aromatic carbocycles. The molecule has 2 N–H and O–H groups in total. The maximum absolute atomic E-state index is 5.05. The Labute approximate surface area is 205 Å². The lowest BCUT2D eigenvalue weighted by Crippen LogP contribution is -2.26. The fraction of sp³-hybridized carbons (Fsp3) is 0.667. The number of thiol groups is 2. The monoisotopic (exact) mass is 518 g/mol. The van der Waals surface area contributed by atoms with Gasteiger partial charge in [-0.25, -0.2) is 0 Å². The fourth-order valence-electron chi connectivity index (χ4n) is 2.86. The summed E-state index contributed by atoms with van der Waals surface area (Å²) in [4.78, 5) is 32.3. The molecule has 0 radical (unpaired) electrons. The second-order valence-corrected chi connectivity index (χ2v) is 14.1. The van der Waals surface area contributed by atoms with Gasteiger partial charge in [-0.3, -0.25) is 0 Å². The van der Waals surface area contributed by atoms with Crippen LogP contribution in [0.5, 0.6) is 0 Å². The number of rotatable bonds is 13. The van der Waals surface area contributed by atoms with Crippen LogP contribution >= 0.6 is 41.2 Å². The lowest BCUT2D eigenvalue weighted by Gasteiger charge is -2.30. The van der Waals surface area contributed by atoms with Crippen LogP contribution in [0.25, 0.3) is 0 Å². The van der Waals surface area contributed by atoms with Crippen molar-refractivity contribution in [3.05, 3.63) is 0 Å². The van der Waals surface area contributed by atoms with Crippen LogP contribution in [0.1, 0.15) is 41.5 Å². The Kier molecular flexibility index (Phi) is 10.7. The minimum Gasteiger partial charge on any atom is -0.354 e. The van der Waals surface area contributed by atoms with E-state index in [2.05, 4.69) is 79.7 Å². The number of nitrogens with one attached hydrogen (secondary N) is 2. The summed E-state index contributed by atoms with van der Waals surface area (Å²) in [5, 5.41) is 7.39. The highest BCUT2D eigenvalue weighted by atomic mass is 33.7. The maximum atomic E-state index is 5.05. The molecule has 0 fully saturated rings. The highest BCUT2D eigenvalue weighted by molar-refractivity contribution is 9.33. The van der Waals surface area contributed by atoms with E-state index in [9.17, 15) is 0 Å². The average molecular weight is 519 g/mol. The number of nitrogens with zero attached hydrogens (tertiary/aromatic N) is 8. The summed E-state index contributed by atoms with van der Waals surface area (Å²) in [6.45, 7) is 16.7. The minimum absolute atomic E-state index is 0.493. The lowest BCUT2D eigenvalue weighted by atomic mass is 10.5. The molecule has 0 aliphatic heterocycles. The van der Waals surface area contributed by atoms with Crippen molar-refractivity contribution in [1.82, 2.24) is 29.9 Å². The van der Waals surface area contributed by atoms with Gasteiger partial charge < -0.3 is 20.4 Å². The van der Waals surface area contributed by atoms with Crippen molar-refractivity contribution >= 4 is 65.0 Å². The van der Waals surface area contributed by atoms with E-state index in [-0.39, 0.29) is 0 Å². The van der Waals surface area contributed by atoms with Gasteiger partial charge in [-0.15, -0.1) is 11.7 Å². The molecular weight excluding hydrogens is 485 g/mol. The SMILES string of the molecule is CCNc1nc(N(CC)CC)nc(S(S)(SS)c2nc(NCC)nc(N(CC)CC)n2)n1. The molecule has 2 aromatic heterocycles. The summed E-state index contributed by atoms with van der Waals surface area (Å²) in [5.41, 5.74) is 0. The molecule has 0 amide bonds. The summed E-state index contributed by atoms with van der Waals surface area (Å²) >= 11 is 9.62. The Bertz CT molecular complexity index is 798. The molecule has 0 aliphatic rings. The van der Waals surface area contributed by atoms with Crippen molar-refractivity contribution in [3.63, 3.8) is 0 Å². The van der Waals surface area contributed by atoms with Crippen molar-refractivity contribution in [3.8, 4) is 0 Å². The fourth-order valence-corrected chi connectivity index (χ4v) is 6.52. The zero-order valence-electron chi connectivity index (χ0n) is 19.5. The van der Waals surface area contributed by atoms with Crippen molar-refractivity contribution in [2.75, 3.05) is 59.7 Å². The van der Waals surface area contributed by atoms with E-state index in [1.165, 1.54) is 9.83 Å². The van der Waals surface area contributed by atoms with Crippen molar-refractivity contribution in [1.29, 1.82) is 0 Å². The predicted octanol–water partition coefficient (Wildman–Crippen LogP) is 4.17. The van der Waals surface area contributed by atoms with E-state index in [0.717, 1.165) is 26.2 Å². The van der Waals surface area contributed by atoms with Gasteiger partial charge in [0, 0.05) is 39.3 Å². The van der Waals surface area contributed by atoms with Gasteiger partial charge in [-0.05, 0) is 59.5 Å². The highest BCUT2D eigenvalue weighted by Gasteiger charge is 2.34. The topological polar surface area (TPSA) is 108 Å². The quantitative estimate of drug-likeness (QED) is 0.227. The second-order valence-electron chi connectivity index (χ2n) is 6.49. The van der Waals surface area contributed by atoms with Crippen LogP contribution in [0.4, 0.5) is 23.8 Å². The van der Waals surface area contributed by atoms with Crippen LogP contribution in [0.3, 0.4) is 0 Å². The zero-order valence-corrected chi connectivity index (χ0v) is 23.0. The summed E-state index contributed by atoms with van der Waals surface area (Å²) in [6, 6.07) is 0. The van der Waals surface area contributed by atoms with Gasteiger partial charge in [0.15, 0.2) is 0 Å². The molecule has 0 saturated carbocycles. The molecule has 0 saturated heterocycles. The van der Waals surface area contributed by atoms with Gasteiger partial charge in [0.25, 0.3) is 0 Å². The number of aromatic nitrogens is 6. The van der Waals surface area contributed by atoms with Crippen LogP contribution in [0, 0.1) is 0 Å². The third-order valence-corrected chi connectivity index (χ3v) is 12.4. The first-order chi connectivity index (χ1) is 15.4. The van der Waals surface area contributed by atoms with Gasteiger partial charge in [-0.1, -0.05) is 11.7 Å². The molecule has 180 valence electrons.